The Kier molecular flexibility index (Phi) is 19.4. The van der Waals surface area contributed by atoms with Crippen molar-refractivity contribution in [2.24, 2.45) is 23.7 Å². The van der Waals surface area contributed by atoms with E-state index in [-0.39, 0.29) is 65.6 Å². The van der Waals surface area contributed by atoms with Crippen LogP contribution in [0.4, 0.5) is 0 Å². The lowest BCUT2D eigenvalue weighted by atomic mass is 9.89. The van der Waals surface area contributed by atoms with E-state index in [4.69, 9.17) is 9.47 Å². The summed E-state index contributed by atoms with van der Waals surface area (Å²) < 4.78 is 12.2. The number of nitrogens with zero attached hydrogens (tertiary/aromatic N) is 4. The van der Waals surface area contributed by atoms with Gasteiger partial charge in [-0.15, -0.1) is 11.3 Å². The number of phenolic OH excluding ortho intramolecular Hbond substituents is 1. The average Bonchev–Trinajstić information content (AvgIpc) is 3.97. The molecule has 3 aromatic rings. The van der Waals surface area contributed by atoms with E-state index in [2.05, 4.69) is 29.5 Å². The van der Waals surface area contributed by atoms with Crippen LogP contribution in [0.3, 0.4) is 0 Å². The molecule has 2 aromatic carbocycles. The van der Waals surface area contributed by atoms with Crippen LogP contribution in [0.25, 0.3) is 0 Å². The van der Waals surface area contributed by atoms with Gasteiger partial charge in [0.1, 0.15) is 16.8 Å². The van der Waals surface area contributed by atoms with Gasteiger partial charge in [-0.05, 0) is 67.3 Å². The number of aromatic hydroxyl groups is 1. The molecule has 14 heteroatoms. The lowest BCUT2D eigenvalue weighted by Crippen LogP contribution is -2.60. The molecule has 0 bridgehead atoms. The Morgan fingerprint density at radius 2 is 1.58 bits per heavy atom. The highest BCUT2D eigenvalue weighted by Crippen LogP contribution is 2.31. The third kappa shape index (κ3) is 13.1. The third-order valence-corrected chi connectivity index (χ3v) is 13.5. The minimum absolute atomic E-state index is 0.0238. The molecule has 0 aliphatic carbocycles. The van der Waals surface area contributed by atoms with Crippen LogP contribution in [0.2, 0.25) is 0 Å². The van der Waals surface area contributed by atoms with Gasteiger partial charge in [0.15, 0.2) is 0 Å². The summed E-state index contributed by atoms with van der Waals surface area (Å²) >= 11 is 1.50. The largest absolute Gasteiger partial charge is 0.508 e. The van der Waals surface area contributed by atoms with Gasteiger partial charge in [-0.25, -0.2) is 4.98 Å². The van der Waals surface area contributed by atoms with Crippen LogP contribution >= 0.6 is 11.3 Å². The lowest BCUT2D eigenvalue weighted by Gasteiger charge is -2.41. The maximum absolute atomic E-state index is 14.6. The number of nitrogens with one attached hydrogen (secondary N) is 2. The zero-order chi connectivity index (χ0) is 45.7. The molecule has 1 saturated heterocycles. The van der Waals surface area contributed by atoms with Crippen LogP contribution in [0.1, 0.15) is 96.3 Å². The maximum Gasteiger partial charge on any atom is 0.245 e. The maximum atomic E-state index is 14.6. The van der Waals surface area contributed by atoms with E-state index in [1.54, 1.807) is 44.5 Å². The highest BCUT2D eigenvalue weighted by Gasteiger charge is 2.43. The van der Waals surface area contributed by atoms with Crippen molar-refractivity contribution >= 4 is 35.0 Å². The number of thiazole rings is 1. The second-order valence-electron chi connectivity index (χ2n) is 17.7. The molecule has 1 aliphatic rings. The number of methoxy groups -OCH3 is 2. The number of ether oxygens (including phenoxy) is 2. The first-order valence-electron chi connectivity index (χ1n) is 22.2. The highest BCUT2D eigenvalue weighted by molar-refractivity contribution is 7.09. The molecule has 1 aliphatic heterocycles. The molecular weight excluding hydrogens is 805 g/mol. The average molecular weight is 877 g/mol. The predicted molar refractivity (Wildman–Crippen MR) is 244 cm³/mol. The summed E-state index contributed by atoms with van der Waals surface area (Å²) in [6.07, 6.45) is 3.33. The summed E-state index contributed by atoms with van der Waals surface area (Å²) in [6.45, 7) is 14.8. The van der Waals surface area contributed by atoms with Crippen molar-refractivity contribution < 1.29 is 33.8 Å². The summed E-state index contributed by atoms with van der Waals surface area (Å²) in [6, 6.07) is 14.4. The number of phenols is 1. The molecule has 0 radical (unpaired) electrons. The van der Waals surface area contributed by atoms with Crippen molar-refractivity contribution in [3.63, 3.8) is 0 Å². The fourth-order valence-electron chi connectivity index (χ4n) is 9.04. The summed E-state index contributed by atoms with van der Waals surface area (Å²) in [5, 5.41) is 18.8. The number of rotatable bonds is 23. The first kappa shape index (κ1) is 50.3. The normalized spacial score (nSPS) is 18.2. The molecule has 1 aromatic heterocycles. The van der Waals surface area contributed by atoms with Crippen LogP contribution in [0, 0.1) is 23.7 Å². The van der Waals surface area contributed by atoms with Crippen molar-refractivity contribution in [3.8, 4) is 5.75 Å². The molecule has 9 unspecified atom stereocenters. The van der Waals surface area contributed by atoms with Crippen molar-refractivity contribution in [2.45, 2.75) is 130 Å². The molecule has 62 heavy (non-hydrogen) atoms. The van der Waals surface area contributed by atoms with Gasteiger partial charge in [0.25, 0.3) is 0 Å². The summed E-state index contributed by atoms with van der Waals surface area (Å²) in [5.74, 6) is -1.52. The van der Waals surface area contributed by atoms with Crippen molar-refractivity contribution in [2.75, 3.05) is 34.9 Å². The van der Waals surface area contributed by atoms with Crippen LogP contribution in [0.5, 0.6) is 5.75 Å². The summed E-state index contributed by atoms with van der Waals surface area (Å²) in [5.41, 5.74) is 2.03. The van der Waals surface area contributed by atoms with Crippen LogP contribution < -0.4 is 10.6 Å². The monoisotopic (exact) mass is 877 g/mol. The number of likely N-dealkylation sites (N-methyl/N-ethyl adjacent to an activating group) is 2. The molecule has 342 valence electrons. The second-order valence-corrected chi connectivity index (χ2v) is 18.6. The molecule has 1 fully saturated rings. The summed E-state index contributed by atoms with van der Waals surface area (Å²) in [7, 11) is 6.79. The number of benzene rings is 2. The summed E-state index contributed by atoms with van der Waals surface area (Å²) in [4.78, 5) is 67.0. The number of likely N-dealkylation sites (tertiary alicyclic amines) is 1. The molecule has 4 amide bonds. The predicted octanol–water partition coefficient (Wildman–Crippen LogP) is 6.47. The molecule has 13 nitrogen and oxygen atoms in total. The SMILES string of the molecule is CCC(C)C(C(CC(=O)N1CCCC1C(OC)C(C)C(=O)NC(Cc1ccccc1)c1nccs1)OC)N(C)C(=O)C(NC(=O)C(C(C)C)N(C)Cc1ccc(O)cc1)C(C)C. The second kappa shape index (κ2) is 23.9. The van der Waals surface area contributed by atoms with E-state index in [0.717, 1.165) is 29.0 Å². The molecule has 4 rings (SSSR count). The van der Waals surface area contributed by atoms with Crippen LogP contribution in [0.15, 0.2) is 66.2 Å². The fraction of sp³-hybridized carbons (Fsp3) is 0.604. The lowest BCUT2D eigenvalue weighted by molar-refractivity contribution is -0.148. The number of carbonyl (C=O) groups is 4. The molecule has 2 heterocycles. The first-order chi connectivity index (χ1) is 29.5. The van der Waals surface area contributed by atoms with E-state index in [9.17, 15) is 24.3 Å². The third-order valence-electron chi connectivity index (χ3n) is 12.6. The van der Waals surface area contributed by atoms with Gasteiger partial charge >= 0.3 is 0 Å². The van der Waals surface area contributed by atoms with Gasteiger partial charge in [0.05, 0.1) is 48.7 Å². The zero-order valence-corrected chi connectivity index (χ0v) is 39.6. The van der Waals surface area contributed by atoms with Crippen LogP contribution in [-0.4, -0.2) is 120 Å². The van der Waals surface area contributed by atoms with Crippen molar-refractivity contribution in [1.82, 2.24) is 30.3 Å². The zero-order valence-electron chi connectivity index (χ0n) is 38.7. The minimum Gasteiger partial charge on any atom is -0.508 e. The Morgan fingerprint density at radius 1 is 0.903 bits per heavy atom. The van der Waals surface area contributed by atoms with E-state index in [1.165, 1.54) is 11.3 Å². The van der Waals surface area contributed by atoms with Crippen molar-refractivity contribution in [1.29, 1.82) is 0 Å². The smallest absolute Gasteiger partial charge is 0.245 e. The molecule has 0 spiro atoms. The Hall–Kier alpha value is -4.37. The van der Waals surface area contributed by atoms with Gasteiger partial charge in [-0.1, -0.05) is 97.4 Å². The van der Waals surface area contributed by atoms with Gasteiger partial charge in [-0.2, -0.15) is 0 Å². The molecular formula is C48H72N6O7S. The topological polar surface area (TPSA) is 154 Å². The van der Waals surface area contributed by atoms with E-state index in [1.807, 2.05) is 99.3 Å². The van der Waals surface area contributed by atoms with Gasteiger partial charge in [0.2, 0.25) is 23.6 Å². The molecule has 0 saturated carbocycles. The van der Waals surface area contributed by atoms with Crippen molar-refractivity contribution in [3.05, 3.63) is 82.3 Å². The quantitative estimate of drug-likeness (QED) is 0.0974. The number of amides is 4. The van der Waals surface area contributed by atoms with Gasteiger partial charge in [0, 0.05) is 45.9 Å². The number of aromatic nitrogens is 1. The van der Waals surface area contributed by atoms with E-state index in [0.29, 0.717) is 25.9 Å². The standard InChI is InChI=1S/C48H72N6O7S/c1-12-32(6)43(53(9)48(59)41(30(2)3)51-46(58)42(31(4)5)52(8)29-35-20-22-36(55)23-21-35)39(60-10)28-40(56)54-25-16-19-38(54)44(61-11)33(7)45(57)50-37(47-49-24-26-62-47)27-34-17-14-13-15-18-34/h13-15,17-18,20-24,26,30-33,37-39,41-44,55H,12,16,19,25,27-29H2,1-11H3,(H,50,57)(H,51,58). The Labute approximate surface area is 373 Å². The van der Waals surface area contributed by atoms with Gasteiger partial charge in [-0.3, -0.25) is 24.1 Å². The Morgan fingerprint density at radius 3 is 2.15 bits per heavy atom. The minimum atomic E-state index is -0.823. The first-order valence-corrected chi connectivity index (χ1v) is 23.0. The van der Waals surface area contributed by atoms with E-state index >= 15 is 0 Å². The van der Waals surface area contributed by atoms with Gasteiger partial charge < -0.3 is 35.0 Å². The number of hydrogen-bond donors (Lipinski definition) is 3. The van der Waals surface area contributed by atoms with Crippen LogP contribution in [-0.2, 0) is 41.6 Å². The molecule has 3 N–H and O–H groups in total. The Balaban J connectivity index is 1.48. The Bertz CT molecular complexity index is 1850. The van der Waals surface area contributed by atoms with E-state index < -0.39 is 36.3 Å². The highest BCUT2D eigenvalue weighted by atomic mass is 32.1. The fourth-order valence-corrected chi connectivity index (χ4v) is 9.73. The number of carbonyl (C=O) groups excluding carboxylic acids is 4. The number of hydrogen-bond acceptors (Lipinski definition) is 10. The molecule has 9 atom stereocenters.